The number of carbonyl (C=O) groups is 2. The Hall–Kier alpha value is -3.25. The number of halogens is 2. The van der Waals surface area contributed by atoms with Gasteiger partial charge in [-0.1, -0.05) is 17.8 Å². The summed E-state index contributed by atoms with van der Waals surface area (Å²) in [7, 11) is 0. The fourth-order valence-electron chi connectivity index (χ4n) is 3.28. The minimum absolute atomic E-state index is 0.00460. The Bertz CT molecular complexity index is 1280. The second-order valence-corrected chi connectivity index (χ2v) is 9.79. The minimum atomic E-state index is -0.829. The number of thiophene rings is 1. The van der Waals surface area contributed by atoms with E-state index in [9.17, 15) is 18.4 Å². The number of allylic oxidation sites excluding steroid dienone is 1. The predicted molar refractivity (Wildman–Crippen MR) is 135 cm³/mol. The van der Waals surface area contributed by atoms with Crippen LogP contribution in [-0.2, 0) is 16.1 Å². The van der Waals surface area contributed by atoms with Crippen LogP contribution in [0.5, 0.6) is 5.75 Å². The molecule has 1 unspecified atom stereocenters. The molecule has 36 heavy (non-hydrogen) atoms. The summed E-state index contributed by atoms with van der Waals surface area (Å²) in [5.74, 6) is -2.09. The van der Waals surface area contributed by atoms with Gasteiger partial charge in [0, 0.05) is 17.5 Å². The topological polar surface area (TPSA) is 95.3 Å². The average Bonchev–Trinajstić information content (AvgIpc) is 3.34. The molecule has 3 aromatic rings. The maximum atomic E-state index is 14.0. The fourth-order valence-corrected chi connectivity index (χ4v) is 5.10. The van der Waals surface area contributed by atoms with Gasteiger partial charge in [-0.2, -0.15) is 0 Å². The van der Waals surface area contributed by atoms with Crippen molar-refractivity contribution in [2.45, 2.75) is 45.5 Å². The van der Waals surface area contributed by atoms with Gasteiger partial charge in [0.2, 0.25) is 5.91 Å². The van der Waals surface area contributed by atoms with Crippen molar-refractivity contribution < 1.29 is 27.8 Å². The highest BCUT2D eigenvalue weighted by molar-refractivity contribution is 7.99. The van der Waals surface area contributed by atoms with E-state index < -0.39 is 23.7 Å². The monoisotopic (exact) mass is 536 g/mol. The number of aryl methyl sites for hydroxylation is 1. The summed E-state index contributed by atoms with van der Waals surface area (Å²) in [5.41, 5.74) is 1.12. The van der Waals surface area contributed by atoms with Crippen molar-refractivity contribution in [3.05, 3.63) is 64.3 Å². The van der Waals surface area contributed by atoms with Gasteiger partial charge in [-0.3, -0.25) is 9.36 Å². The van der Waals surface area contributed by atoms with E-state index in [2.05, 4.69) is 22.1 Å². The predicted octanol–water partition coefficient (Wildman–Crippen LogP) is 5.47. The van der Waals surface area contributed by atoms with Gasteiger partial charge in [0.1, 0.15) is 10.8 Å². The smallest absolute Gasteiger partial charge is 0.341 e. The van der Waals surface area contributed by atoms with E-state index in [1.807, 2.05) is 13.8 Å². The molecule has 192 valence electrons. The number of hydrogen-bond donors (Lipinski definition) is 1. The van der Waals surface area contributed by atoms with E-state index in [0.29, 0.717) is 28.1 Å². The first-order valence-corrected chi connectivity index (χ1v) is 12.8. The third kappa shape index (κ3) is 6.30. The third-order valence-electron chi connectivity index (χ3n) is 5.07. The third-order valence-corrected chi connectivity index (χ3v) is 7.16. The van der Waals surface area contributed by atoms with Gasteiger partial charge >= 0.3 is 5.97 Å². The Balaban J connectivity index is 1.72. The molecule has 2 heterocycles. The number of carbonyl (C=O) groups excluding carboxylic acids is 2. The van der Waals surface area contributed by atoms with Crippen LogP contribution in [0.1, 0.15) is 46.6 Å². The van der Waals surface area contributed by atoms with E-state index in [1.54, 1.807) is 24.5 Å². The molecule has 0 aliphatic rings. The van der Waals surface area contributed by atoms with Gasteiger partial charge in [0.05, 0.1) is 17.9 Å². The molecular weight excluding hydrogens is 510 g/mol. The molecule has 1 atom stereocenters. The number of rotatable bonds is 11. The lowest BCUT2D eigenvalue weighted by atomic mass is 10.1. The molecule has 0 fully saturated rings. The Morgan fingerprint density at radius 2 is 2.06 bits per heavy atom. The zero-order chi connectivity index (χ0) is 26.4. The van der Waals surface area contributed by atoms with Gasteiger partial charge in [0.25, 0.3) is 0 Å². The standard InChI is InChI=1S/C24H26F2N4O4S2/c1-6-10-30-21(14(4)34-18-9-8-16(25)11-17(18)26)28-29-24(30)35-12-19(31)27-22-20(23(32)33-7-2)13(3)15(5)36-22/h6,8-9,11,14H,1,7,10,12H2,2-5H3,(H,27,31). The Kier molecular flexibility index (Phi) is 9.21. The van der Waals surface area contributed by atoms with Crippen molar-refractivity contribution in [2.75, 3.05) is 17.7 Å². The van der Waals surface area contributed by atoms with Crippen molar-refractivity contribution in [1.82, 2.24) is 14.8 Å². The number of nitrogens with zero attached hydrogens (tertiary/aromatic N) is 3. The average molecular weight is 537 g/mol. The first-order valence-electron chi connectivity index (χ1n) is 11.0. The summed E-state index contributed by atoms with van der Waals surface area (Å²) in [6.07, 6.45) is 0.912. The molecule has 0 aliphatic heterocycles. The molecule has 0 spiro atoms. The largest absolute Gasteiger partial charge is 0.480 e. The SMILES string of the molecule is C=CCn1c(SCC(=O)Nc2sc(C)c(C)c2C(=O)OCC)nnc1C(C)Oc1ccc(F)cc1F. The first kappa shape index (κ1) is 27.3. The van der Waals surface area contributed by atoms with Gasteiger partial charge in [0.15, 0.2) is 28.7 Å². The molecule has 0 saturated heterocycles. The second-order valence-electron chi connectivity index (χ2n) is 7.62. The Labute approximate surface area is 215 Å². The van der Waals surface area contributed by atoms with Crippen LogP contribution < -0.4 is 10.1 Å². The lowest BCUT2D eigenvalue weighted by Crippen LogP contribution is -2.17. The number of hydrogen-bond acceptors (Lipinski definition) is 8. The molecule has 12 heteroatoms. The Morgan fingerprint density at radius 1 is 1.31 bits per heavy atom. The van der Waals surface area contributed by atoms with E-state index >= 15 is 0 Å². The van der Waals surface area contributed by atoms with E-state index in [1.165, 1.54) is 17.4 Å². The van der Waals surface area contributed by atoms with Crippen molar-refractivity contribution in [1.29, 1.82) is 0 Å². The molecule has 0 bridgehead atoms. The fraction of sp³-hybridized carbons (Fsp3) is 0.333. The van der Waals surface area contributed by atoms with Gasteiger partial charge in [-0.15, -0.1) is 28.1 Å². The molecule has 1 aromatic carbocycles. The highest BCUT2D eigenvalue weighted by atomic mass is 32.2. The molecule has 1 amide bonds. The first-order chi connectivity index (χ1) is 17.2. The number of amides is 1. The van der Waals surface area contributed by atoms with Gasteiger partial charge in [-0.25, -0.2) is 13.6 Å². The number of ether oxygens (including phenoxy) is 2. The van der Waals surface area contributed by atoms with Crippen molar-refractivity contribution >= 4 is 40.0 Å². The van der Waals surface area contributed by atoms with Crippen LogP contribution in [0.3, 0.4) is 0 Å². The molecular formula is C24H26F2N4O4S2. The second kappa shape index (κ2) is 12.1. The summed E-state index contributed by atoms with van der Waals surface area (Å²) >= 11 is 2.45. The quantitative estimate of drug-likeness (QED) is 0.197. The lowest BCUT2D eigenvalue weighted by Gasteiger charge is -2.16. The van der Waals surface area contributed by atoms with Gasteiger partial charge in [-0.05, 0) is 45.4 Å². The molecule has 0 saturated carbocycles. The summed E-state index contributed by atoms with van der Waals surface area (Å²) < 4.78 is 39.7. The highest BCUT2D eigenvalue weighted by Gasteiger charge is 2.24. The summed E-state index contributed by atoms with van der Waals surface area (Å²) in [6.45, 7) is 11.3. The number of esters is 1. The van der Waals surface area contributed by atoms with Crippen LogP contribution >= 0.6 is 23.1 Å². The molecule has 1 N–H and O–H groups in total. The zero-order valence-electron chi connectivity index (χ0n) is 20.3. The van der Waals surface area contributed by atoms with E-state index in [-0.39, 0.29) is 24.0 Å². The van der Waals surface area contributed by atoms with Crippen LogP contribution in [0.25, 0.3) is 0 Å². The number of anilines is 1. The van der Waals surface area contributed by atoms with Gasteiger partial charge < -0.3 is 14.8 Å². The summed E-state index contributed by atoms with van der Waals surface area (Å²) in [6, 6.07) is 3.04. The van der Waals surface area contributed by atoms with E-state index in [4.69, 9.17) is 9.47 Å². The van der Waals surface area contributed by atoms with Crippen molar-refractivity contribution in [3.63, 3.8) is 0 Å². The van der Waals surface area contributed by atoms with E-state index in [0.717, 1.165) is 34.3 Å². The number of benzene rings is 1. The summed E-state index contributed by atoms with van der Waals surface area (Å²) in [5, 5.41) is 11.9. The molecule has 0 aliphatic carbocycles. The molecule has 2 aromatic heterocycles. The van der Waals surface area contributed by atoms with Crippen molar-refractivity contribution in [2.24, 2.45) is 0 Å². The number of nitrogens with one attached hydrogen (secondary N) is 1. The highest BCUT2D eigenvalue weighted by Crippen LogP contribution is 2.33. The van der Waals surface area contributed by atoms with Crippen LogP contribution in [0, 0.1) is 25.5 Å². The maximum absolute atomic E-state index is 14.0. The van der Waals surface area contributed by atoms with Crippen molar-refractivity contribution in [3.8, 4) is 5.75 Å². The summed E-state index contributed by atoms with van der Waals surface area (Å²) in [4.78, 5) is 26.0. The molecule has 3 rings (SSSR count). The van der Waals surface area contributed by atoms with Crippen LogP contribution in [0.4, 0.5) is 13.8 Å². The van der Waals surface area contributed by atoms with Crippen LogP contribution in [0.2, 0.25) is 0 Å². The van der Waals surface area contributed by atoms with Crippen LogP contribution in [0.15, 0.2) is 36.0 Å². The molecule has 8 nitrogen and oxygen atoms in total. The lowest BCUT2D eigenvalue weighted by molar-refractivity contribution is -0.113. The number of thioether (sulfide) groups is 1. The molecule has 0 radical (unpaired) electrons. The minimum Gasteiger partial charge on any atom is -0.480 e. The maximum Gasteiger partial charge on any atom is 0.341 e. The number of aromatic nitrogens is 3. The zero-order valence-corrected chi connectivity index (χ0v) is 21.9. The van der Waals surface area contributed by atoms with Crippen LogP contribution in [-0.4, -0.2) is 39.0 Å². The Morgan fingerprint density at radius 3 is 2.72 bits per heavy atom. The normalized spacial score (nSPS) is 11.7.